The molecule has 1 aliphatic carbocycles. The van der Waals surface area contributed by atoms with Gasteiger partial charge in [0.25, 0.3) is 5.91 Å². The van der Waals surface area contributed by atoms with Gasteiger partial charge in [-0.25, -0.2) is 4.79 Å². The number of hydrogen-bond acceptors (Lipinski definition) is 6. The normalized spacial score (nSPS) is 19.3. The van der Waals surface area contributed by atoms with E-state index in [1.165, 1.54) is 24.2 Å². The predicted octanol–water partition coefficient (Wildman–Crippen LogP) is 4.42. The van der Waals surface area contributed by atoms with E-state index in [4.69, 9.17) is 23.2 Å². The molecule has 2 N–H and O–H groups in total. The van der Waals surface area contributed by atoms with Gasteiger partial charge in [0.1, 0.15) is 5.25 Å². The molecule has 0 radical (unpaired) electrons. The van der Waals surface area contributed by atoms with Crippen molar-refractivity contribution in [2.45, 2.75) is 31.6 Å². The molecular formula is C22H21Cl2N3O4S. The van der Waals surface area contributed by atoms with Crippen LogP contribution in [0.1, 0.15) is 29.8 Å². The maximum atomic E-state index is 12.5. The largest absolute Gasteiger partial charge is 0.480 e. The van der Waals surface area contributed by atoms with Crippen molar-refractivity contribution in [2.75, 3.05) is 11.6 Å². The number of aliphatic carboxylic acids is 1. The molecule has 10 heteroatoms. The van der Waals surface area contributed by atoms with Crippen LogP contribution in [0.4, 0.5) is 5.69 Å². The van der Waals surface area contributed by atoms with Crippen molar-refractivity contribution in [1.29, 1.82) is 0 Å². The number of thioether (sulfide) groups is 1. The SMILES string of the molecule is CSC1C(=O)C(C)(C)C1=N[C@@H](Cc1ccc(NC(=O)c2c(Cl)cncc2Cl)cc1)C(=O)O. The van der Waals surface area contributed by atoms with Crippen LogP contribution in [-0.4, -0.2) is 51.0 Å². The number of aromatic nitrogens is 1. The Kier molecular flexibility index (Phi) is 7.27. The molecule has 0 spiro atoms. The number of carboxylic acids is 1. The van der Waals surface area contributed by atoms with Crippen molar-refractivity contribution < 1.29 is 19.5 Å². The van der Waals surface area contributed by atoms with E-state index >= 15 is 0 Å². The number of nitrogens with zero attached hydrogens (tertiary/aromatic N) is 2. The third-order valence-corrected chi connectivity index (χ3v) is 6.76. The lowest BCUT2D eigenvalue weighted by Gasteiger charge is -2.42. The number of aliphatic imine (C=N–C) groups is 1. The number of carbonyl (C=O) groups is 3. The number of rotatable bonds is 7. The van der Waals surface area contributed by atoms with Crippen LogP contribution in [0.25, 0.3) is 0 Å². The van der Waals surface area contributed by atoms with Gasteiger partial charge < -0.3 is 10.4 Å². The van der Waals surface area contributed by atoms with Crippen molar-refractivity contribution in [1.82, 2.24) is 4.98 Å². The summed E-state index contributed by atoms with van der Waals surface area (Å²) < 4.78 is 0. The molecule has 1 amide bonds. The zero-order chi connectivity index (χ0) is 23.6. The van der Waals surface area contributed by atoms with Gasteiger partial charge in [0, 0.05) is 30.2 Å². The second-order valence-electron chi connectivity index (χ2n) is 7.81. The quantitative estimate of drug-likeness (QED) is 0.590. The fourth-order valence-electron chi connectivity index (χ4n) is 3.40. The molecule has 3 rings (SSSR count). The van der Waals surface area contributed by atoms with Crippen LogP contribution in [0, 0.1) is 5.41 Å². The zero-order valence-electron chi connectivity index (χ0n) is 17.6. The molecule has 168 valence electrons. The lowest BCUT2D eigenvalue weighted by atomic mass is 9.68. The highest BCUT2D eigenvalue weighted by atomic mass is 35.5. The number of benzene rings is 1. The summed E-state index contributed by atoms with van der Waals surface area (Å²) in [6.45, 7) is 3.52. The summed E-state index contributed by atoms with van der Waals surface area (Å²) in [6.07, 6.45) is 4.62. The zero-order valence-corrected chi connectivity index (χ0v) is 19.9. The Labute approximate surface area is 199 Å². The summed E-state index contributed by atoms with van der Waals surface area (Å²) >= 11 is 13.4. The lowest BCUT2D eigenvalue weighted by molar-refractivity contribution is -0.138. The molecule has 7 nitrogen and oxygen atoms in total. The van der Waals surface area contributed by atoms with Gasteiger partial charge >= 0.3 is 5.97 Å². The number of nitrogens with one attached hydrogen (secondary N) is 1. The smallest absolute Gasteiger partial charge is 0.328 e. The van der Waals surface area contributed by atoms with Gasteiger partial charge in [-0.05, 0) is 37.8 Å². The first-order valence-electron chi connectivity index (χ1n) is 9.63. The number of hydrogen-bond donors (Lipinski definition) is 2. The maximum absolute atomic E-state index is 12.5. The van der Waals surface area contributed by atoms with E-state index in [2.05, 4.69) is 15.3 Å². The summed E-state index contributed by atoms with van der Waals surface area (Å²) in [5.74, 6) is -1.49. The Morgan fingerprint density at radius 3 is 2.34 bits per heavy atom. The monoisotopic (exact) mass is 493 g/mol. The lowest BCUT2D eigenvalue weighted by Crippen LogP contribution is -2.58. The van der Waals surface area contributed by atoms with Crippen molar-refractivity contribution in [2.24, 2.45) is 10.4 Å². The Hall–Kier alpha value is -2.42. The van der Waals surface area contributed by atoms with Crippen LogP contribution < -0.4 is 5.32 Å². The van der Waals surface area contributed by atoms with E-state index in [-0.39, 0.29) is 27.8 Å². The first-order valence-corrected chi connectivity index (χ1v) is 11.7. The highest BCUT2D eigenvalue weighted by Gasteiger charge is 2.53. The van der Waals surface area contributed by atoms with E-state index in [0.717, 1.165) is 5.56 Å². The highest BCUT2D eigenvalue weighted by molar-refractivity contribution is 8.01. The van der Waals surface area contributed by atoms with Crippen LogP contribution in [0.3, 0.4) is 0 Å². The van der Waals surface area contributed by atoms with E-state index in [1.54, 1.807) is 38.1 Å². The van der Waals surface area contributed by atoms with Crippen LogP contribution in [-0.2, 0) is 16.0 Å². The Morgan fingerprint density at radius 2 is 1.81 bits per heavy atom. The van der Waals surface area contributed by atoms with Gasteiger partial charge in [-0.1, -0.05) is 35.3 Å². The Morgan fingerprint density at radius 1 is 1.22 bits per heavy atom. The third-order valence-electron chi connectivity index (χ3n) is 5.28. The maximum Gasteiger partial charge on any atom is 0.328 e. The molecule has 1 fully saturated rings. The van der Waals surface area contributed by atoms with Gasteiger partial charge in [-0.2, -0.15) is 0 Å². The summed E-state index contributed by atoms with van der Waals surface area (Å²) in [5, 5.41) is 12.2. The standard InChI is InChI=1S/C22H21Cl2N3O4S/c1-22(2)18(17(32-3)19(22)28)27-15(21(30)31)8-11-4-6-12(7-5-11)26-20(29)16-13(23)9-25-10-14(16)24/h4-7,9-10,15,17H,8H2,1-3H3,(H,26,29)(H,30,31)/t15-,17?/m0/s1. The van der Waals surface area contributed by atoms with E-state index < -0.39 is 28.6 Å². The fraction of sp³-hybridized carbons (Fsp3) is 0.318. The number of carbonyl (C=O) groups excluding carboxylic acids is 2. The first kappa shape index (κ1) is 24.2. The minimum Gasteiger partial charge on any atom is -0.480 e. The summed E-state index contributed by atoms with van der Waals surface area (Å²) in [6, 6.07) is 5.73. The molecule has 1 aliphatic rings. The second kappa shape index (κ2) is 9.60. The van der Waals surface area contributed by atoms with Crippen molar-refractivity contribution in [3.8, 4) is 0 Å². The average molecular weight is 494 g/mol. The minimum absolute atomic E-state index is 0.0578. The highest BCUT2D eigenvalue weighted by Crippen LogP contribution is 2.40. The van der Waals surface area contributed by atoms with Gasteiger partial charge in [-0.3, -0.25) is 19.6 Å². The topological polar surface area (TPSA) is 109 Å². The molecule has 2 aromatic rings. The molecule has 2 atom stereocenters. The number of Topliss-reactive ketones (excluding diaryl/α,β-unsaturated/α-hetero) is 1. The van der Waals surface area contributed by atoms with E-state index in [0.29, 0.717) is 11.4 Å². The number of anilines is 1. The molecule has 1 aromatic heterocycles. The summed E-state index contributed by atoms with van der Waals surface area (Å²) in [4.78, 5) is 44.7. The molecular weight excluding hydrogens is 473 g/mol. The van der Waals surface area contributed by atoms with Crippen molar-refractivity contribution in [3.63, 3.8) is 0 Å². The van der Waals surface area contributed by atoms with Crippen LogP contribution in [0.15, 0.2) is 41.7 Å². The molecule has 0 aliphatic heterocycles. The minimum atomic E-state index is -1.06. The van der Waals surface area contributed by atoms with Crippen LogP contribution >= 0.6 is 35.0 Å². The second-order valence-corrected chi connectivity index (χ2v) is 9.56. The van der Waals surface area contributed by atoms with Gasteiger partial charge in [0.2, 0.25) is 0 Å². The van der Waals surface area contributed by atoms with Crippen molar-refractivity contribution in [3.05, 3.63) is 57.8 Å². The van der Waals surface area contributed by atoms with Gasteiger partial charge in [0.05, 0.1) is 21.0 Å². The van der Waals surface area contributed by atoms with Gasteiger partial charge in [0.15, 0.2) is 11.8 Å². The van der Waals surface area contributed by atoms with Crippen molar-refractivity contribution >= 4 is 64.0 Å². The molecule has 32 heavy (non-hydrogen) atoms. The van der Waals surface area contributed by atoms with Gasteiger partial charge in [-0.15, -0.1) is 11.8 Å². The molecule has 1 aromatic carbocycles. The fourth-order valence-corrected chi connectivity index (χ4v) is 5.02. The number of ketones is 1. The number of pyridine rings is 1. The first-order chi connectivity index (χ1) is 15.1. The number of carboxylic acid groups (broad SMARTS) is 1. The predicted molar refractivity (Wildman–Crippen MR) is 127 cm³/mol. The summed E-state index contributed by atoms with van der Waals surface area (Å²) in [5.41, 5.74) is 1.20. The Balaban J connectivity index is 1.74. The molecule has 1 saturated carbocycles. The molecule has 0 bridgehead atoms. The molecule has 1 heterocycles. The Bertz CT molecular complexity index is 1080. The van der Waals surface area contributed by atoms with Crippen LogP contribution in [0.2, 0.25) is 10.0 Å². The average Bonchev–Trinajstić information content (AvgIpc) is 2.73. The van der Waals surface area contributed by atoms with Crippen LogP contribution in [0.5, 0.6) is 0 Å². The molecule has 0 saturated heterocycles. The van der Waals surface area contributed by atoms with E-state index in [1.807, 2.05) is 6.26 Å². The summed E-state index contributed by atoms with van der Waals surface area (Å²) in [7, 11) is 0. The number of amides is 1. The molecule has 1 unspecified atom stereocenters. The third kappa shape index (κ3) is 4.82. The number of halogens is 2. The van der Waals surface area contributed by atoms with E-state index in [9.17, 15) is 19.5 Å².